The molecule has 1 spiro atoms. The van der Waals surface area contributed by atoms with E-state index in [1.165, 1.54) is 31.5 Å². The molecule has 0 radical (unpaired) electrons. The lowest BCUT2D eigenvalue weighted by molar-refractivity contribution is -0.238. The largest absolute Gasteiger partial charge is 0.356 e. The van der Waals surface area contributed by atoms with Gasteiger partial charge in [-0.05, 0) is 49.8 Å². The van der Waals surface area contributed by atoms with Crippen LogP contribution in [0.25, 0.3) is 11.1 Å². The van der Waals surface area contributed by atoms with Crippen LogP contribution in [0.15, 0.2) is 36.8 Å². The summed E-state index contributed by atoms with van der Waals surface area (Å²) in [6, 6.07) is 6.01. The van der Waals surface area contributed by atoms with E-state index >= 15 is 0 Å². The Morgan fingerprint density at radius 3 is 2.81 bits per heavy atom. The zero-order valence-corrected chi connectivity index (χ0v) is 18.7. The van der Waals surface area contributed by atoms with Crippen molar-refractivity contribution in [2.24, 2.45) is 5.41 Å². The van der Waals surface area contributed by atoms with Crippen molar-refractivity contribution in [1.29, 1.82) is 0 Å². The van der Waals surface area contributed by atoms with Crippen molar-refractivity contribution in [3.8, 4) is 11.1 Å². The number of rotatable bonds is 6. The summed E-state index contributed by atoms with van der Waals surface area (Å²) in [6.45, 7) is 8.13. The fourth-order valence-corrected chi connectivity index (χ4v) is 5.73. The zero-order valence-electron chi connectivity index (χ0n) is 18.7. The molecule has 172 valence electrons. The van der Waals surface area contributed by atoms with Crippen LogP contribution in [0, 0.1) is 11.2 Å². The van der Waals surface area contributed by atoms with Gasteiger partial charge >= 0.3 is 0 Å². The topological polar surface area (TPSA) is 65.0 Å². The number of aliphatic hydroxyl groups is 1. The molecule has 5 rings (SSSR count). The van der Waals surface area contributed by atoms with Gasteiger partial charge in [-0.25, -0.2) is 9.37 Å². The van der Waals surface area contributed by atoms with E-state index in [2.05, 4.69) is 19.8 Å². The molecule has 3 aliphatic rings. The minimum absolute atomic E-state index is 0.333. The summed E-state index contributed by atoms with van der Waals surface area (Å²) < 4.78 is 19.1. The maximum atomic E-state index is 13.7. The maximum absolute atomic E-state index is 13.7. The number of aromatic nitrogens is 2. The fraction of sp³-hybridized carbons (Fsp3) is 0.583. The molecule has 2 unspecified atom stereocenters. The molecular weight excluding hydrogens is 409 g/mol. The third-order valence-electron chi connectivity index (χ3n) is 7.31. The van der Waals surface area contributed by atoms with E-state index in [0.717, 1.165) is 56.2 Å². The molecule has 7 nitrogen and oxygen atoms in total. The van der Waals surface area contributed by atoms with Crippen LogP contribution in [-0.2, 0) is 4.74 Å². The Morgan fingerprint density at radius 1 is 1.25 bits per heavy atom. The number of anilines is 1. The Kier molecular flexibility index (Phi) is 6.11. The van der Waals surface area contributed by atoms with Gasteiger partial charge in [0.15, 0.2) is 0 Å². The van der Waals surface area contributed by atoms with Gasteiger partial charge in [-0.3, -0.25) is 14.8 Å². The van der Waals surface area contributed by atoms with Crippen LogP contribution in [0.2, 0.25) is 0 Å². The van der Waals surface area contributed by atoms with Crippen molar-refractivity contribution in [2.45, 2.75) is 38.6 Å². The highest BCUT2D eigenvalue weighted by molar-refractivity contribution is 5.75. The van der Waals surface area contributed by atoms with Crippen LogP contribution < -0.4 is 4.90 Å². The first-order valence-corrected chi connectivity index (χ1v) is 11.7. The summed E-state index contributed by atoms with van der Waals surface area (Å²) in [5.74, 6) is 0.572. The van der Waals surface area contributed by atoms with E-state index in [4.69, 9.17) is 4.74 Å². The van der Waals surface area contributed by atoms with Gasteiger partial charge in [0, 0.05) is 75.4 Å². The van der Waals surface area contributed by atoms with E-state index in [0.29, 0.717) is 18.1 Å². The SMILES string of the molecule is CCOC(O)N1CC2(CCC(N3CCN(c4ncccc4-c4cncc(F)c4)CC3)C2)C1. The summed E-state index contributed by atoms with van der Waals surface area (Å²) in [4.78, 5) is 15.6. The van der Waals surface area contributed by atoms with Crippen molar-refractivity contribution in [3.05, 3.63) is 42.6 Å². The predicted molar refractivity (Wildman–Crippen MR) is 120 cm³/mol. The lowest BCUT2D eigenvalue weighted by Crippen LogP contribution is -2.60. The molecule has 2 aromatic heterocycles. The number of likely N-dealkylation sites (tertiary alicyclic amines) is 1. The summed E-state index contributed by atoms with van der Waals surface area (Å²) >= 11 is 0. The fourth-order valence-electron chi connectivity index (χ4n) is 5.73. The molecule has 2 aliphatic heterocycles. The molecule has 2 atom stereocenters. The van der Waals surface area contributed by atoms with Crippen LogP contribution in [0.5, 0.6) is 0 Å². The first-order valence-electron chi connectivity index (χ1n) is 11.7. The summed E-state index contributed by atoms with van der Waals surface area (Å²) in [5, 5.41) is 10.0. The van der Waals surface area contributed by atoms with Gasteiger partial charge in [0.2, 0.25) is 6.41 Å². The van der Waals surface area contributed by atoms with E-state index in [1.807, 2.05) is 24.0 Å². The molecule has 1 aliphatic carbocycles. The Hall–Kier alpha value is -2.13. The molecule has 2 saturated heterocycles. The molecule has 2 aromatic rings. The maximum Gasteiger partial charge on any atom is 0.216 e. The zero-order chi connectivity index (χ0) is 22.1. The summed E-state index contributed by atoms with van der Waals surface area (Å²) in [5.41, 5.74) is 2.03. The molecule has 1 N–H and O–H groups in total. The molecule has 4 heterocycles. The summed E-state index contributed by atoms with van der Waals surface area (Å²) in [6.07, 6.45) is 7.62. The highest BCUT2D eigenvalue weighted by Gasteiger charge is 2.51. The van der Waals surface area contributed by atoms with E-state index in [9.17, 15) is 9.50 Å². The molecule has 3 fully saturated rings. The molecule has 32 heavy (non-hydrogen) atoms. The van der Waals surface area contributed by atoms with Gasteiger partial charge in [0.25, 0.3) is 0 Å². The third kappa shape index (κ3) is 4.24. The minimum atomic E-state index is -0.755. The van der Waals surface area contributed by atoms with Crippen LogP contribution in [0.3, 0.4) is 0 Å². The van der Waals surface area contributed by atoms with Crippen LogP contribution in [-0.4, -0.2) is 83.2 Å². The number of hydrogen-bond acceptors (Lipinski definition) is 7. The van der Waals surface area contributed by atoms with E-state index in [-0.39, 0.29) is 5.82 Å². The Labute approximate surface area is 188 Å². The smallest absolute Gasteiger partial charge is 0.216 e. The second-order valence-corrected chi connectivity index (χ2v) is 9.37. The van der Waals surface area contributed by atoms with Gasteiger partial charge in [-0.1, -0.05) is 0 Å². The first kappa shape index (κ1) is 21.7. The van der Waals surface area contributed by atoms with Gasteiger partial charge in [0.05, 0.1) is 6.20 Å². The number of pyridine rings is 2. The number of halogens is 1. The molecule has 0 bridgehead atoms. The average molecular weight is 442 g/mol. The highest BCUT2D eigenvalue weighted by Crippen LogP contribution is 2.47. The molecular formula is C24H32FN5O2. The summed E-state index contributed by atoms with van der Waals surface area (Å²) in [7, 11) is 0. The van der Waals surface area contributed by atoms with Crippen molar-refractivity contribution in [1.82, 2.24) is 19.8 Å². The third-order valence-corrected chi connectivity index (χ3v) is 7.31. The van der Waals surface area contributed by atoms with Crippen LogP contribution in [0.4, 0.5) is 10.2 Å². The van der Waals surface area contributed by atoms with Gasteiger partial charge < -0.3 is 14.7 Å². The number of aliphatic hydroxyl groups excluding tert-OH is 1. The van der Waals surface area contributed by atoms with E-state index in [1.54, 1.807) is 12.4 Å². The second kappa shape index (κ2) is 9.02. The average Bonchev–Trinajstić information content (AvgIpc) is 3.24. The highest BCUT2D eigenvalue weighted by atomic mass is 19.1. The number of piperazine rings is 1. The lowest BCUT2D eigenvalue weighted by Gasteiger charge is -2.50. The van der Waals surface area contributed by atoms with Crippen molar-refractivity contribution in [2.75, 3.05) is 50.8 Å². The predicted octanol–water partition coefficient (Wildman–Crippen LogP) is 2.57. The van der Waals surface area contributed by atoms with Gasteiger partial charge in [0.1, 0.15) is 11.6 Å². The normalized spacial score (nSPS) is 24.6. The Balaban J connectivity index is 1.19. The monoisotopic (exact) mass is 441 g/mol. The van der Waals surface area contributed by atoms with Crippen molar-refractivity contribution >= 4 is 5.82 Å². The molecule has 0 amide bonds. The first-order chi connectivity index (χ1) is 15.6. The van der Waals surface area contributed by atoms with Gasteiger partial charge in [-0.2, -0.15) is 0 Å². The standard InChI is InChI=1S/C24H32FN5O2/c1-2-32-23(31)30-16-24(17-30)6-5-20(13-24)28-8-10-29(11-9-28)22-21(4-3-7-27-22)18-12-19(25)15-26-14-18/h3-4,7,12,14-15,20,23,31H,2,5-6,8-11,13,16-17H2,1H3. The molecule has 0 aromatic carbocycles. The van der Waals surface area contributed by atoms with Gasteiger partial charge in [-0.15, -0.1) is 0 Å². The van der Waals surface area contributed by atoms with Crippen LogP contribution >= 0.6 is 0 Å². The van der Waals surface area contributed by atoms with Crippen LogP contribution in [0.1, 0.15) is 26.2 Å². The number of hydrogen-bond donors (Lipinski definition) is 1. The van der Waals surface area contributed by atoms with Crippen molar-refractivity contribution < 1.29 is 14.2 Å². The molecule has 1 saturated carbocycles. The minimum Gasteiger partial charge on any atom is -0.356 e. The number of nitrogens with zero attached hydrogens (tertiary/aromatic N) is 5. The Bertz CT molecular complexity index is 930. The second-order valence-electron chi connectivity index (χ2n) is 9.37. The van der Waals surface area contributed by atoms with Crippen molar-refractivity contribution in [3.63, 3.8) is 0 Å². The van der Waals surface area contributed by atoms with E-state index < -0.39 is 6.41 Å². The lowest BCUT2D eigenvalue weighted by atomic mass is 9.78. The quantitative estimate of drug-likeness (QED) is 0.691. The number of ether oxygens (including phenoxy) is 1. The Morgan fingerprint density at radius 2 is 2.06 bits per heavy atom. The molecule has 8 heteroatoms.